The third kappa shape index (κ3) is 6.09. The molecular formula is C60H36N4Pt. The molecule has 0 saturated carbocycles. The Morgan fingerprint density at radius 3 is 0.462 bits per heavy atom. The van der Waals surface area contributed by atoms with E-state index in [1.165, 1.54) is 0 Å². The SMILES string of the molecule is [Pt].c1ccc(-c2c3nc(c(-c4ccccc4)c4nc(c(-c5ccccc5)c5nc(c(-c6ccccc6)c6nc2c2ccccc62)c2ccccc52)c2ccccc42)c2ccccc32)cc1. The fraction of sp³-hybridized carbons (Fsp3) is 0. The Labute approximate surface area is 388 Å². The molecule has 0 saturated heterocycles. The average Bonchev–Trinajstić information content (AvgIpc) is 4.14. The first kappa shape index (κ1) is 38.7. The van der Waals surface area contributed by atoms with E-state index in [-0.39, 0.29) is 21.1 Å². The largest absolute Gasteiger partial charge is 0.246 e. The summed E-state index contributed by atoms with van der Waals surface area (Å²) in [5, 5.41) is 8.41. The van der Waals surface area contributed by atoms with Gasteiger partial charge in [0.25, 0.3) is 0 Å². The van der Waals surface area contributed by atoms with Crippen molar-refractivity contribution in [2.75, 3.05) is 0 Å². The Kier molecular flexibility index (Phi) is 9.36. The Bertz CT molecular complexity index is 3340. The van der Waals surface area contributed by atoms with E-state index in [4.69, 9.17) is 19.9 Å². The van der Waals surface area contributed by atoms with E-state index in [0.717, 1.165) is 132 Å². The van der Waals surface area contributed by atoms with Crippen molar-refractivity contribution in [1.29, 1.82) is 0 Å². The zero-order valence-corrected chi connectivity index (χ0v) is 37.2. The molecule has 4 nitrogen and oxygen atoms in total. The number of hydrogen-bond acceptors (Lipinski definition) is 4. The molecule has 0 aliphatic rings. The Morgan fingerprint density at radius 1 is 0.169 bits per heavy atom. The van der Waals surface area contributed by atoms with Crippen molar-refractivity contribution >= 4 is 87.2 Å². The van der Waals surface area contributed by atoms with Crippen LogP contribution >= 0.6 is 0 Å². The molecular weight excluding hydrogens is 972 g/mol. The van der Waals surface area contributed by atoms with Gasteiger partial charge in [-0.25, -0.2) is 19.9 Å². The van der Waals surface area contributed by atoms with Crippen LogP contribution in [0.25, 0.3) is 132 Å². The predicted octanol–water partition coefficient (Wildman–Crippen LogP) is 15.7. The summed E-state index contributed by atoms with van der Waals surface area (Å²) in [6, 6.07) is 77.2. The summed E-state index contributed by atoms with van der Waals surface area (Å²) in [6.07, 6.45) is 0. The molecule has 0 unspecified atom stereocenters. The van der Waals surface area contributed by atoms with Gasteiger partial charge in [-0.15, -0.1) is 0 Å². The molecule has 0 aliphatic carbocycles. The number of nitrogens with zero attached hydrogens (tertiary/aromatic N) is 4. The van der Waals surface area contributed by atoms with Crippen LogP contribution in [0.4, 0.5) is 0 Å². The number of rotatable bonds is 4. The van der Waals surface area contributed by atoms with Crippen LogP contribution in [0.1, 0.15) is 0 Å². The van der Waals surface area contributed by atoms with Gasteiger partial charge in [0.1, 0.15) is 0 Å². The van der Waals surface area contributed by atoms with Crippen LogP contribution in [-0.2, 0) is 21.1 Å². The maximum absolute atomic E-state index is 5.85. The van der Waals surface area contributed by atoms with Crippen molar-refractivity contribution in [2.24, 2.45) is 0 Å². The van der Waals surface area contributed by atoms with Gasteiger partial charge in [0, 0.05) is 86.4 Å². The van der Waals surface area contributed by atoms with Crippen LogP contribution in [0.2, 0.25) is 0 Å². The minimum absolute atomic E-state index is 0. The molecule has 0 amide bonds. The second-order valence-electron chi connectivity index (χ2n) is 16.4. The third-order valence-corrected chi connectivity index (χ3v) is 12.8. The van der Waals surface area contributed by atoms with Crippen LogP contribution in [0.5, 0.6) is 0 Å². The predicted molar refractivity (Wildman–Crippen MR) is 268 cm³/mol. The maximum atomic E-state index is 5.85. The molecule has 4 heterocycles. The summed E-state index contributed by atoms with van der Waals surface area (Å²) in [5.74, 6) is 0. The first-order valence-electron chi connectivity index (χ1n) is 21.7. The Balaban J connectivity index is 0.00000444. The van der Waals surface area contributed by atoms with Gasteiger partial charge in [0.2, 0.25) is 0 Å². The molecule has 9 aromatic carbocycles. The van der Waals surface area contributed by atoms with Gasteiger partial charge in [0.15, 0.2) is 0 Å². The molecule has 8 bridgehead atoms. The second kappa shape index (κ2) is 15.7. The summed E-state index contributed by atoms with van der Waals surface area (Å²) >= 11 is 0. The van der Waals surface area contributed by atoms with E-state index in [1.807, 2.05) is 0 Å². The normalized spacial score (nSPS) is 11.6. The fourth-order valence-corrected chi connectivity index (χ4v) is 10.00. The van der Waals surface area contributed by atoms with Gasteiger partial charge >= 0.3 is 0 Å². The molecule has 13 rings (SSSR count). The molecule has 4 aromatic heterocycles. The van der Waals surface area contributed by atoms with E-state index in [1.54, 1.807) is 0 Å². The van der Waals surface area contributed by atoms with Gasteiger partial charge in [0.05, 0.1) is 44.1 Å². The summed E-state index contributed by atoms with van der Waals surface area (Å²) in [6.45, 7) is 0. The van der Waals surface area contributed by atoms with Gasteiger partial charge in [-0.2, -0.15) is 0 Å². The van der Waals surface area contributed by atoms with Gasteiger partial charge in [-0.1, -0.05) is 218 Å². The van der Waals surface area contributed by atoms with Gasteiger partial charge in [-0.3, -0.25) is 0 Å². The van der Waals surface area contributed by atoms with E-state index >= 15 is 0 Å². The number of benzene rings is 8. The van der Waals surface area contributed by atoms with Crippen LogP contribution in [0.3, 0.4) is 0 Å². The van der Waals surface area contributed by atoms with Crippen molar-refractivity contribution in [2.45, 2.75) is 0 Å². The van der Waals surface area contributed by atoms with Crippen molar-refractivity contribution in [3.8, 4) is 44.5 Å². The molecule has 5 heteroatoms. The van der Waals surface area contributed by atoms with Crippen LogP contribution in [0, 0.1) is 0 Å². The maximum Gasteiger partial charge on any atom is 0.0816 e. The van der Waals surface area contributed by atoms with Crippen LogP contribution < -0.4 is 0 Å². The van der Waals surface area contributed by atoms with Crippen LogP contribution in [-0.4, -0.2) is 19.9 Å². The average molecular weight is 1010 g/mol. The first-order chi connectivity index (χ1) is 31.8. The fourth-order valence-electron chi connectivity index (χ4n) is 10.00. The summed E-state index contributed by atoms with van der Waals surface area (Å²) < 4.78 is 0. The van der Waals surface area contributed by atoms with E-state index in [2.05, 4.69) is 218 Å². The molecule has 306 valence electrons. The quantitative estimate of drug-likeness (QED) is 0.176. The molecule has 0 atom stereocenters. The van der Waals surface area contributed by atoms with Crippen molar-refractivity contribution in [1.82, 2.24) is 19.9 Å². The second-order valence-corrected chi connectivity index (χ2v) is 16.4. The Hall–Kier alpha value is -7.91. The summed E-state index contributed by atoms with van der Waals surface area (Å²) in [5.41, 5.74) is 15.0. The van der Waals surface area contributed by atoms with E-state index < -0.39 is 0 Å². The minimum atomic E-state index is 0. The molecule has 0 N–H and O–H groups in total. The number of aromatic nitrogens is 4. The molecule has 65 heavy (non-hydrogen) atoms. The van der Waals surface area contributed by atoms with Gasteiger partial charge < -0.3 is 0 Å². The monoisotopic (exact) mass is 1010 g/mol. The van der Waals surface area contributed by atoms with Crippen LogP contribution in [0.15, 0.2) is 218 Å². The van der Waals surface area contributed by atoms with Crippen molar-refractivity contribution in [3.05, 3.63) is 218 Å². The van der Waals surface area contributed by atoms with Crippen molar-refractivity contribution < 1.29 is 21.1 Å². The topological polar surface area (TPSA) is 51.6 Å². The van der Waals surface area contributed by atoms with Gasteiger partial charge in [-0.05, 0) is 22.3 Å². The summed E-state index contributed by atoms with van der Waals surface area (Å²) in [7, 11) is 0. The summed E-state index contributed by atoms with van der Waals surface area (Å²) in [4.78, 5) is 23.4. The molecule has 0 aliphatic heterocycles. The molecule has 0 radical (unpaired) electrons. The minimum Gasteiger partial charge on any atom is -0.246 e. The third-order valence-electron chi connectivity index (χ3n) is 12.8. The van der Waals surface area contributed by atoms with Crippen molar-refractivity contribution in [3.63, 3.8) is 0 Å². The standard InChI is InChI=1S/C60H36N4.Pt/c1-5-21-37(22-6-1)49-53-41-29-13-15-31-43(41)55(61-53)50(38-23-7-2-8-24-38)57-45-33-17-19-35-47(45)59(63-57)52(40-27-11-4-12-28-40)60-48-36-20-18-34-46(48)58(64-60)51(39-25-9-3-10-26-39)56-44-32-16-14-30-42(44)54(49)62-56;/h1-36H;. The first-order valence-corrected chi connectivity index (χ1v) is 21.7. The van der Waals surface area contributed by atoms with E-state index in [0.29, 0.717) is 0 Å². The zero-order chi connectivity index (χ0) is 42.1. The molecule has 13 aromatic rings. The van der Waals surface area contributed by atoms with E-state index in [9.17, 15) is 0 Å². The molecule has 0 fully saturated rings. The number of hydrogen-bond donors (Lipinski definition) is 0. The Morgan fingerprint density at radius 2 is 0.308 bits per heavy atom. The zero-order valence-electron chi connectivity index (χ0n) is 34.9. The smallest absolute Gasteiger partial charge is 0.0816 e. The molecule has 0 spiro atoms.